The van der Waals surface area contributed by atoms with E-state index in [2.05, 4.69) is 0 Å². The Bertz CT molecular complexity index is 792. The number of furan rings is 1. The topological polar surface area (TPSA) is 45.8 Å². The van der Waals surface area contributed by atoms with Crippen LogP contribution in [-0.4, -0.2) is 29.3 Å². The van der Waals surface area contributed by atoms with Crippen molar-refractivity contribution in [2.24, 2.45) is 0 Å². The van der Waals surface area contributed by atoms with E-state index in [0.29, 0.717) is 31.8 Å². The molecule has 0 amide bonds. The summed E-state index contributed by atoms with van der Waals surface area (Å²) in [5.74, 6) is 0.480. The molecular weight excluding hydrogens is 345 g/mol. The second-order valence-corrected chi connectivity index (χ2v) is 6.49. The van der Waals surface area contributed by atoms with E-state index in [1.165, 1.54) is 6.07 Å². The molecule has 1 atom stereocenters. The fraction of sp³-hybridized carbons (Fsp3) is 0.273. The minimum absolute atomic E-state index is 0.184. The van der Waals surface area contributed by atoms with Crippen LogP contribution in [0, 0.1) is 5.82 Å². The molecule has 0 bridgehead atoms. The van der Waals surface area contributed by atoms with Crippen molar-refractivity contribution in [3.05, 3.63) is 95.7 Å². The number of benzene rings is 2. The summed E-state index contributed by atoms with van der Waals surface area (Å²) in [7, 11) is 0. The summed E-state index contributed by atoms with van der Waals surface area (Å²) in [6.07, 6.45) is 0.904. The Morgan fingerprint density at radius 3 is 2.48 bits per heavy atom. The van der Waals surface area contributed by atoms with Crippen molar-refractivity contribution in [1.29, 1.82) is 0 Å². The molecule has 0 aliphatic carbocycles. The molecule has 1 aromatic heterocycles. The van der Waals surface area contributed by atoms with Gasteiger partial charge in [-0.3, -0.25) is 4.90 Å². The second kappa shape index (κ2) is 10.0. The molecule has 0 unspecified atom stereocenters. The minimum Gasteiger partial charge on any atom is -0.467 e. The zero-order valence-corrected chi connectivity index (χ0v) is 15.1. The van der Waals surface area contributed by atoms with Crippen LogP contribution in [0.1, 0.15) is 16.9 Å². The first-order valence-electron chi connectivity index (χ1n) is 8.98. The monoisotopic (exact) mass is 369 g/mol. The second-order valence-electron chi connectivity index (χ2n) is 6.49. The van der Waals surface area contributed by atoms with Crippen molar-refractivity contribution >= 4 is 0 Å². The van der Waals surface area contributed by atoms with Crippen LogP contribution in [0.5, 0.6) is 0 Å². The highest BCUT2D eigenvalue weighted by molar-refractivity contribution is 5.18. The highest BCUT2D eigenvalue weighted by atomic mass is 19.1. The van der Waals surface area contributed by atoms with Gasteiger partial charge in [-0.25, -0.2) is 4.39 Å². The molecule has 27 heavy (non-hydrogen) atoms. The largest absolute Gasteiger partial charge is 0.467 e. The Morgan fingerprint density at radius 2 is 1.74 bits per heavy atom. The van der Waals surface area contributed by atoms with Gasteiger partial charge in [0.2, 0.25) is 0 Å². The Kier molecular flexibility index (Phi) is 7.16. The summed E-state index contributed by atoms with van der Waals surface area (Å²) in [6, 6.07) is 20.3. The van der Waals surface area contributed by atoms with Crippen LogP contribution < -0.4 is 0 Å². The number of aliphatic hydroxyl groups excluding tert-OH is 1. The van der Waals surface area contributed by atoms with Crippen molar-refractivity contribution in [2.45, 2.75) is 25.8 Å². The highest BCUT2D eigenvalue weighted by Crippen LogP contribution is 2.14. The van der Waals surface area contributed by atoms with Crippen molar-refractivity contribution < 1.29 is 18.7 Å². The van der Waals surface area contributed by atoms with Crippen LogP contribution in [0.25, 0.3) is 0 Å². The zero-order valence-electron chi connectivity index (χ0n) is 15.1. The van der Waals surface area contributed by atoms with E-state index in [4.69, 9.17) is 9.15 Å². The number of rotatable bonds is 10. The summed E-state index contributed by atoms with van der Waals surface area (Å²) in [5, 5.41) is 10.4. The molecule has 142 valence electrons. The SMILES string of the molecule is O[C@H](COCc1ccco1)CN(Cc1ccccc1)Cc1ccccc1F. The van der Waals surface area contributed by atoms with Crippen LogP contribution in [0.3, 0.4) is 0 Å². The van der Waals surface area contributed by atoms with E-state index in [0.717, 1.165) is 11.3 Å². The molecule has 3 rings (SSSR count). The lowest BCUT2D eigenvalue weighted by Gasteiger charge is -2.25. The lowest BCUT2D eigenvalue weighted by atomic mass is 10.1. The Hall–Kier alpha value is -2.47. The zero-order chi connectivity index (χ0) is 18.9. The quantitative estimate of drug-likeness (QED) is 0.587. The number of aliphatic hydroxyl groups is 1. The van der Waals surface area contributed by atoms with Crippen LogP contribution in [-0.2, 0) is 24.4 Å². The molecule has 0 fully saturated rings. The van der Waals surface area contributed by atoms with Gasteiger partial charge >= 0.3 is 0 Å². The number of hydrogen-bond acceptors (Lipinski definition) is 4. The predicted octanol–water partition coefficient (Wildman–Crippen LogP) is 4.00. The van der Waals surface area contributed by atoms with Crippen molar-refractivity contribution in [3.8, 4) is 0 Å². The number of nitrogens with zero attached hydrogens (tertiary/aromatic N) is 1. The third-order valence-electron chi connectivity index (χ3n) is 4.20. The maximum absolute atomic E-state index is 14.1. The Labute approximate surface area is 158 Å². The van der Waals surface area contributed by atoms with Crippen LogP contribution in [0.15, 0.2) is 77.4 Å². The summed E-state index contributed by atoms with van der Waals surface area (Å²) in [5.41, 5.74) is 1.72. The van der Waals surface area contributed by atoms with E-state index in [9.17, 15) is 9.50 Å². The van der Waals surface area contributed by atoms with Crippen molar-refractivity contribution in [3.63, 3.8) is 0 Å². The number of hydrogen-bond donors (Lipinski definition) is 1. The van der Waals surface area contributed by atoms with Gasteiger partial charge in [0, 0.05) is 25.2 Å². The van der Waals surface area contributed by atoms with Gasteiger partial charge in [0.25, 0.3) is 0 Å². The molecule has 0 saturated heterocycles. The van der Waals surface area contributed by atoms with Crippen molar-refractivity contribution in [2.75, 3.05) is 13.2 Å². The van der Waals surface area contributed by atoms with Gasteiger partial charge in [0.15, 0.2) is 0 Å². The molecule has 3 aromatic rings. The Morgan fingerprint density at radius 1 is 0.963 bits per heavy atom. The van der Waals surface area contributed by atoms with Gasteiger partial charge < -0.3 is 14.3 Å². The van der Waals surface area contributed by atoms with E-state index in [1.54, 1.807) is 24.5 Å². The van der Waals surface area contributed by atoms with Gasteiger partial charge in [-0.05, 0) is 23.8 Å². The predicted molar refractivity (Wildman–Crippen MR) is 101 cm³/mol. The molecule has 4 nitrogen and oxygen atoms in total. The molecule has 2 aromatic carbocycles. The molecule has 1 heterocycles. The average Bonchev–Trinajstić information content (AvgIpc) is 3.18. The average molecular weight is 369 g/mol. The summed E-state index contributed by atoms with van der Waals surface area (Å²) < 4.78 is 24.8. The minimum atomic E-state index is -0.685. The third-order valence-corrected chi connectivity index (χ3v) is 4.20. The smallest absolute Gasteiger partial charge is 0.129 e. The normalized spacial score (nSPS) is 12.4. The van der Waals surface area contributed by atoms with Crippen LogP contribution >= 0.6 is 0 Å². The first kappa shape index (κ1) is 19.3. The van der Waals surface area contributed by atoms with E-state index in [-0.39, 0.29) is 12.4 Å². The highest BCUT2D eigenvalue weighted by Gasteiger charge is 2.15. The van der Waals surface area contributed by atoms with Crippen LogP contribution in [0.2, 0.25) is 0 Å². The standard InChI is InChI=1S/C22H24FNO3/c23-22-11-5-4-9-19(22)14-24(13-18-7-2-1-3-8-18)15-20(25)16-26-17-21-10-6-12-27-21/h1-12,20,25H,13-17H2/t20-/m0/s1. The van der Waals surface area contributed by atoms with Gasteiger partial charge in [-0.1, -0.05) is 48.5 Å². The molecule has 0 spiro atoms. The molecule has 0 aliphatic heterocycles. The molecular formula is C22H24FNO3. The molecule has 0 aliphatic rings. The van der Waals surface area contributed by atoms with Crippen molar-refractivity contribution in [1.82, 2.24) is 4.90 Å². The maximum atomic E-state index is 14.1. The number of halogens is 1. The lowest BCUT2D eigenvalue weighted by Crippen LogP contribution is -2.34. The van der Waals surface area contributed by atoms with E-state index >= 15 is 0 Å². The molecule has 5 heteroatoms. The van der Waals surface area contributed by atoms with Gasteiger partial charge in [-0.15, -0.1) is 0 Å². The summed E-state index contributed by atoms with van der Waals surface area (Å²) >= 11 is 0. The third kappa shape index (κ3) is 6.32. The Balaban J connectivity index is 1.59. The fourth-order valence-corrected chi connectivity index (χ4v) is 2.94. The molecule has 1 N–H and O–H groups in total. The van der Waals surface area contributed by atoms with E-state index in [1.807, 2.05) is 47.4 Å². The lowest BCUT2D eigenvalue weighted by molar-refractivity contribution is 0.00239. The maximum Gasteiger partial charge on any atom is 0.129 e. The first-order chi connectivity index (χ1) is 13.2. The summed E-state index contributed by atoms with van der Waals surface area (Å²) in [4.78, 5) is 2.02. The fourth-order valence-electron chi connectivity index (χ4n) is 2.94. The molecule has 0 saturated carbocycles. The van der Waals surface area contributed by atoms with Gasteiger partial charge in [0.05, 0.1) is 19.0 Å². The molecule has 0 radical (unpaired) electrons. The van der Waals surface area contributed by atoms with Gasteiger partial charge in [0.1, 0.15) is 18.2 Å². The van der Waals surface area contributed by atoms with E-state index < -0.39 is 6.10 Å². The first-order valence-corrected chi connectivity index (χ1v) is 8.98. The number of ether oxygens (including phenoxy) is 1. The van der Waals surface area contributed by atoms with Crippen LogP contribution in [0.4, 0.5) is 4.39 Å². The summed E-state index contributed by atoms with van der Waals surface area (Å²) in [6.45, 7) is 1.90. The van der Waals surface area contributed by atoms with Gasteiger partial charge in [-0.2, -0.15) is 0 Å².